The van der Waals surface area contributed by atoms with E-state index in [1.807, 2.05) is 62.1 Å². The Balaban J connectivity index is 1.52. The van der Waals surface area contributed by atoms with Crippen molar-refractivity contribution in [2.24, 2.45) is 0 Å². The van der Waals surface area contributed by atoms with Crippen molar-refractivity contribution in [3.05, 3.63) is 70.9 Å². The molecule has 4 rings (SSSR count). The molecule has 3 aromatic rings. The van der Waals surface area contributed by atoms with E-state index in [1.54, 1.807) is 0 Å². The average molecular weight is 434 g/mol. The minimum absolute atomic E-state index is 0.0200. The zero-order valence-corrected chi connectivity index (χ0v) is 19.0. The Labute approximate surface area is 188 Å². The van der Waals surface area contributed by atoms with Gasteiger partial charge in [0.2, 0.25) is 5.91 Å². The average Bonchev–Trinajstić information content (AvgIpc) is 3.24. The molecule has 0 fully saturated rings. The molecule has 2 heterocycles. The van der Waals surface area contributed by atoms with E-state index in [-0.39, 0.29) is 30.4 Å². The first-order valence-corrected chi connectivity index (χ1v) is 11.3. The molecule has 0 bridgehead atoms. The van der Waals surface area contributed by atoms with Gasteiger partial charge in [-0.1, -0.05) is 36.4 Å². The molecule has 32 heavy (non-hydrogen) atoms. The van der Waals surface area contributed by atoms with Crippen LogP contribution in [-0.4, -0.2) is 47.5 Å². The third-order valence-electron chi connectivity index (χ3n) is 5.95. The number of carbonyl (C=O) groups excluding carboxylic acids is 2. The zero-order valence-electron chi connectivity index (χ0n) is 19.0. The summed E-state index contributed by atoms with van der Waals surface area (Å²) in [6, 6.07) is 15.7. The van der Waals surface area contributed by atoms with Gasteiger partial charge in [0.25, 0.3) is 5.91 Å². The molecule has 1 aliphatic heterocycles. The SMILES string of the molecule is Cc1[nH]c2ccccc2c1[C@@H]1c2ccccc2C(=O)N1CCC(=O)NCCCOC(C)C. The number of para-hydroxylation sites is 1. The fourth-order valence-electron chi connectivity index (χ4n) is 4.49. The van der Waals surface area contributed by atoms with Crippen LogP contribution in [0.4, 0.5) is 0 Å². The van der Waals surface area contributed by atoms with Crippen LogP contribution in [0, 0.1) is 6.92 Å². The van der Waals surface area contributed by atoms with Crippen molar-refractivity contribution in [1.82, 2.24) is 15.2 Å². The van der Waals surface area contributed by atoms with Gasteiger partial charge in [-0.2, -0.15) is 0 Å². The number of hydrogen-bond acceptors (Lipinski definition) is 3. The van der Waals surface area contributed by atoms with Crippen molar-refractivity contribution in [3.8, 4) is 0 Å². The Hall–Kier alpha value is -3.12. The van der Waals surface area contributed by atoms with Crippen molar-refractivity contribution < 1.29 is 14.3 Å². The predicted octanol–water partition coefficient (Wildman–Crippen LogP) is 4.34. The normalized spacial score (nSPS) is 15.6. The van der Waals surface area contributed by atoms with Crippen molar-refractivity contribution in [3.63, 3.8) is 0 Å². The van der Waals surface area contributed by atoms with Crippen molar-refractivity contribution in [2.75, 3.05) is 19.7 Å². The summed E-state index contributed by atoms with van der Waals surface area (Å²) < 4.78 is 5.51. The molecular formula is C26H31N3O3. The van der Waals surface area contributed by atoms with Crippen molar-refractivity contribution in [2.45, 2.75) is 45.8 Å². The Kier molecular flexibility index (Phi) is 6.61. The highest BCUT2D eigenvalue weighted by Crippen LogP contribution is 2.42. The van der Waals surface area contributed by atoms with E-state index in [1.165, 1.54) is 0 Å². The summed E-state index contributed by atoms with van der Waals surface area (Å²) >= 11 is 0. The van der Waals surface area contributed by atoms with Gasteiger partial charge in [0.15, 0.2) is 0 Å². The quantitative estimate of drug-likeness (QED) is 0.493. The van der Waals surface area contributed by atoms with E-state index in [9.17, 15) is 9.59 Å². The maximum atomic E-state index is 13.3. The molecule has 6 heteroatoms. The second-order valence-electron chi connectivity index (χ2n) is 8.57. The third kappa shape index (κ3) is 4.41. The number of ether oxygens (including phenoxy) is 1. The fourth-order valence-corrected chi connectivity index (χ4v) is 4.49. The number of fused-ring (bicyclic) bond motifs is 2. The molecule has 2 amide bonds. The maximum Gasteiger partial charge on any atom is 0.255 e. The minimum Gasteiger partial charge on any atom is -0.379 e. The van der Waals surface area contributed by atoms with E-state index in [0.29, 0.717) is 25.3 Å². The molecule has 168 valence electrons. The van der Waals surface area contributed by atoms with E-state index in [4.69, 9.17) is 4.74 Å². The number of hydrogen-bond donors (Lipinski definition) is 2. The highest BCUT2D eigenvalue weighted by atomic mass is 16.5. The fraction of sp³-hybridized carbons (Fsp3) is 0.385. The van der Waals surface area contributed by atoms with Crippen molar-refractivity contribution >= 4 is 22.7 Å². The monoisotopic (exact) mass is 433 g/mol. The van der Waals surface area contributed by atoms with Crippen LogP contribution in [0.5, 0.6) is 0 Å². The highest BCUT2D eigenvalue weighted by Gasteiger charge is 2.39. The Morgan fingerprint density at radius 2 is 1.91 bits per heavy atom. The summed E-state index contributed by atoms with van der Waals surface area (Å²) in [6.45, 7) is 7.60. The van der Waals surface area contributed by atoms with Gasteiger partial charge in [-0.3, -0.25) is 9.59 Å². The number of rotatable bonds is 9. The van der Waals surface area contributed by atoms with Crippen LogP contribution in [0.1, 0.15) is 59.9 Å². The molecule has 1 atom stereocenters. The van der Waals surface area contributed by atoms with Crippen LogP contribution in [0.3, 0.4) is 0 Å². The molecular weight excluding hydrogens is 402 g/mol. The molecule has 6 nitrogen and oxygen atoms in total. The number of H-pyrrole nitrogens is 1. The van der Waals surface area contributed by atoms with E-state index >= 15 is 0 Å². The summed E-state index contributed by atoms with van der Waals surface area (Å²) in [5, 5.41) is 4.05. The predicted molar refractivity (Wildman–Crippen MR) is 126 cm³/mol. The Morgan fingerprint density at radius 3 is 2.72 bits per heavy atom. The van der Waals surface area contributed by atoms with Gasteiger partial charge in [-0.05, 0) is 44.9 Å². The van der Waals surface area contributed by atoms with Gasteiger partial charge >= 0.3 is 0 Å². The van der Waals surface area contributed by atoms with Crippen LogP contribution in [0.2, 0.25) is 0 Å². The molecule has 1 aromatic heterocycles. The Morgan fingerprint density at radius 1 is 1.16 bits per heavy atom. The molecule has 0 radical (unpaired) electrons. The largest absolute Gasteiger partial charge is 0.379 e. The topological polar surface area (TPSA) is 74.4 Å². The standard InChI is InChI=1S/C26H31N3O3/c1-17(2)32-16-8-14-27-23(30)13-15-29-25(19-9-4-5-10-20(19)26(29)31)24-18(3)28-22-12-7-6-11-21(22)24/h4-7,9-12,17,25,28H,8,13-16H2,1-3H3,(H,27,30)/t25-/m0/s1. The molecule has 0 saturated heterocycles. The van der Waals surface area contributed by atoms with Gasteiger partial charge in [0, 0.05) is 53.8 Å². The molecule has 0 unspecified atom stereocenters. The molecule has 1 aliphatic rings. The minimum atomic E-state index is -0.206. The van der Waals surface area contributed by atoms with Crippen LogP contribution in [0.15, 0.2) is 48.5 Å². The summed E-state index contributed by atoms with van der Waals surface area (Å²) in [7, 11) is 0. The number of carbonyl (C=O) groups is 2. The van der Waals surface area contributed by atoms with E-state index in [2.05, 4.69) is 22.4 Å². The number of aromatic amines is 1. The second kappa shape index (κ2) is 9.57. The first kappa shape index (κ1) is 22.1. The number of benzene rings is 2. The number of nitrogens with zero attached hydrogens (tertiary/aromatic N) is 1. The lowest BCUT2D eigenvalue weighted by molar-refractivity contribution is -0.121. The molecule has 0 saturated carbocycles. The van der Waals surface area contributed by atoms with Gasteiger partial charge in [-0.25, -0.2) is 0 Å². The Bertz CT molecular complexity index is 1120. The molecule has 2 N–H and O–H groups in total. The number of aromatic nitrogens is 1. The summed E-state index contributed by atoms with van der Waals surface area (Å²) in [6.07, 6.45) is 1.23. The third-order valence-corrected chi connectivity index (χ3v) is 5.95. The van der Waals surface area contributed by atoms with Gasteiger partial charge in [0.1, 0.15) is 0 Å². The van der Waals surface area contributed by atoms with Crippen molar-refractivity contribution in [1.29, 1.82) is 0 Å². The number of aryl methyl sites for hydroxylation is 1. The van der Waals surface area contributed by atoms with Crippen LogP contribution >= 0.6 is 0 Å². The summed E-state index contributed by atoms with van der Waals surface area (Å²) in [4.78, 5) is 31.0. The summed E-state index contributed by atoms with van der Waals surface area (Å²) in [5.41, 5.74) is 4.91. The van der Waals surface area contributed by atoms with E-state index in [0.717, 1.165) is 34.1 Å². The lowest BCUT2D eigenvalue weighted by Crippen LogP contribution is -2.34. The zero-order chi connectivity index (χ0) is 22.7. The summed E-state index contributed by atoms with van der Waals surface area (Å²) in [5.74, 6) is -0.0684. The lowest BCUT2D eigenvalue weighted by Gasteiger charge is -2.26. The lowest BCUT2D eigenvalue weighted by atomic mass is 9.95. The number of nitrogens with one attached hydrogen (secondary N) is 2. The van der Waals surface area contributed by atoms with E-state index < -0.39 is 0 Å². The number of amides is 2. The molecule has 0 spiro atoms. The highest BCUT2D eigenvalue weighted by molar-refractivity contribution is 6.01. The first-order chi connectivity index (χ1) is 15.5. The second-order valence-corrected chi connectivity index (χ2v) is 8.57. The molecule has 2 aromatic carbocycles. The van der Waals surface area contributed by atoms with Gasteiger partial charge < -0.3 is 19.9 Å². The van der Waals surface area contributed by atoms with Crippen LogP contribution in [-0.2, 0) is 9.53 Å². The van der Waals surface area contributed by atoms with Gasteiger partial charge in [-0.15, -0.1) is 0 Å². The first-order valence-electron chi connectivity index (χ1n) is 11.3. The van der Waals surface area contributed by atoms with Crippen LogP contribution < -0.4 is 5.32 Å². The van der Waals surface area contributed by atoms with Gasteiger partial charge in [0.05, 0.1) is 12.1 Å². The smallest absolute Gasteiger partial charge is 0.255 e. The maximum absolute atomic E-state index is 13.3. The van der Waals surface area contributed by atoms with Crippen LogP contribution in [0.25, 0.3) is 10.9 Å². The molecule has 0 aliphatic carbocycles.